The first-order chi connectivity index (χ1) is 9.16. The molecule has 19 heavy (non-hydrogen) atoms. The maximum Gasteiger partial charge on any atom is 0.161 e. The second-order valence-electron chi connectivity index (χ2n) is 5.88. The molecule has 1 aromatic carbocycles. The van der Waals surface area contributed by atoms with E-state index in [1.54, 1.807) is 6.07 Å². The average molecular weight is 263 g/mol. The molecule has 0 aliphatic heterocycles. The molecule has 3 heteroatoms. The van der Waals surface area contributed by atoms with Crippen LogP contribution < -0.4 is 5.32 Å². The first-order valence-corrected chi connectivity index (χ1v) is 7.37. The lowest BCUT2D eigenvalue weighted by Gasteiger charge is -2.26. The van der Waals surface area contributed by atoms with Gasteiger partial charge in [0.1, 0.15) is 0 Å². The first-order valence-electron chi connectivity index (χ1n) is 7.37. The van der Waals surface area contributed by atoms with Crippen LogP contribution in [-0.2, 0) is 6.54 Å². The van der Waals surface area contributed by atoms with Crippen molar-refractivity contribution < 1.29 is 10.2 Å². The van der Waals surface area contributed by atoms with Gasteiger partial charge in [-0.05, 0) is 30.9 Å². The normalized spacial score (nSPS) is 23.4. The van der Waals surface area contributed by atoms with Crippen LogP contribution in [0.1, 0.15) is 44.6 Å². The van der Waals surface area contributed by atoms with Crippen LogP contribution in [-0.4, -0.2) is 16.8 Å². The Kier molecular flexibility index (Phi) is 5.08. The number of para-hydroxylation sites is 1. The van der Waals surface area contributed by atoms with E-state index in [-0.39, 0.29) is 11.5 Å². The molecule has 2 rings (SSSR count). The molecular weight excluding hydrogens is 238 g/mol. The first kappa shape index (κ1) is 14.2. The molecule has 0 saturated heterocycles. The number of hydrogen-bond acceptors (Lipinski definition) is 3. The highest BCUT2D eigenvalue weighted by atomic mass is 16.3. The van der Waals surface area contributed by atoms with Gasteiger partial charge in [0.15, 0.2) is 11.5 Å². The third-order valence-electron chi connectivity index (χ3n) is 4.28. The van der Waals surface area contributed by atoms with Crippen molar-refractivity contribution in [2.45, 2.75) is 45.6 Å². The highest BCUT2D eigenvalue weighted by Crippen LogP contribution is 2.30. The van der Waals surface area contributed by atoms with E-state index in [2.05, 4.69) is 12.2 Å². The molecule has 0 unspecified atom stereocenters. The molecule has 3 N–H and O–H groups in total. The smallest absolute Gasteiger partial charge is 0.161 e. The van der Waals surface area contributed by atoms with Crippen LogP contribution >= 0.6 is 0 Å². The fraction of sp³-hybridized carbons (Fsp3) is 0.625. The summed E-state index contributed by atoms with van der Waals surface area (Å²) in [6.07, 6.45) is 6.68. The summed E-state index contributed by atoms with van der Waals surface area (Å²) in [4.78, 5) is 0. The Morgan fingerprint density at radius 1 is 1.16 bits per heavy atom. The Morgan fingerprint density at radius 2 is 1.89 bits per heavy atom. The SMILES string of the molecule is CC1CCC(CCNCc2cccc(O)c2O)CC1. The van der Waals surface area contributed by atoms with Crippen molar-refractivity contribution in [1.82, 2.24) is 5.32 Å². The molecule has 1 saturated carbocycles. The molecule has 1 aliphatic carbocycles. The lowest BCUT2D eigenvalue weighted by Crippen LogP contribution is -2.20. The van der Waals surface area contributed by atoms with E-state index in [0.717, 1.165) is 23.9 Å². The fourth-order valence-corrected chi connectivity index (χ4v) is 2.87. The van der Waals surface area contributed by atoms with Crippen LogP contribution in [0.4, 0.5) is 0 Å². The summed E-state index contributed by atoms with van der Waals surface area (Å²) in [6.45, 7) is 3.94. The summed E-state index contributed by atoms with van der Waals surface area (Å²) in [7, 11) is 0. The van der Waals surface area contributed by atoms with Gasteiger partial charge < -0.3 is 15.5 Å². The zero-order valence-corrected chi connectivity index (χ0v) is 11.7. The Bertz CT molecular complexity index is 398. The molecule has 0 atom stereocenters. The molecule has 1 aromatic rings. The van der Waals surface area contributed by atoms with Gasteiger partial charge in [0.2, 0.25) is 0 Å². The second kappa shape index (κ2) is 6.80. The minimum atomic E-state index is -0.0411. The quantitative estimate of drug-likeness (QED) is 0.563. The predicted molar refractivity (Wildman–Crippen MR) is 77.2 cm³/mol. The van der Waals surface area contributed by atoms with Crippen molar-refractivity contribution in [3.63, 3.8) is 0 Å². The number of rotatable bonds is 5. The van der Waals surface area contributed by atoms with Crippen molar-refractivity contribution in [2.24, 2.45) is 11.8 Å². The van der Waals surface area contributed by atoms with Crippen LogP contribution in [0.25, 0.3) is 0 Å². The van der Waals surface area contributed by atoms with E-state index in [9.17, 15) is 10.2 Å². The summed E-state index contributed by atoms with van der Waals surface area (Å²) in [5.74, 6) is 1.73. The van der Waals surface area contributed by atoms with Crippen LogP contribution in [0, 0.1) is 11.8 Å². The number of nitrogens with one attached hydrogen (secondary N) is 1. The Labute approximate surface area is 115 Å². The van der Waals surface area contributed by atoms with Crippen LogP contribution in [0.5, 0.6) is 11.5 Å². The zero-order valence-electron chi connectivity index (χ0n) is 11.7. The largest absolute Gasteiger partial charge is 0.504 e. The topological polar surface area (TPSA) is 52.5 Å². The van der Waals surface area contributed by atoms with Crippen LogP contribution in [0.2, 0.25) is 0 Å². The molecule has 3 nitrogen and oxygen atoms in total. The Hall–Kier alpha value is -1.22. The van der Waals surface area contributed by atoms with Gasteiger partial charge >= 0.3 is 0 Å². The molecule has 0 spiro atoms. The molecule has 1 fully saturated rings. The minimum absolute atomic E-state index is 0.00138. The van der Waals surface area contributed by atoms with Crippen molar-refractivity contribution in [3.8, 4) is 11.5 Å². The third kappa shape index (κ3) is 4.13. The number of hydrogen-bond donors (Lipinski definition) is 3. The number of benzene rings is 1. The molecule has 0 radical (unpaired) electrons. The van der Waals surface area contributed by atoms with Gasteiger partial charge in [-0.15, -0.1) is 0 Å². The highest BCUT2D eigenvalue weighted by Gasteiger charge is 2.17. The summed E-state index contributed by atoms with van der Waals surface area (Å²) in [5, 5.41) is 22.4. The summed E-state index contributed by atoms with van der Waals surface area (Å²) >= 11 is 0. The maximum atomic E-state index is 9.68. The predicted octanol–water partition coefficient (Wildman–Crippen LogP) is 3.40. The van der Waals surface area contributed by atoms with E-state index in [1.807, 2.05) is 6.07 Å². The number of phenols is 2. The van der Waals surface area contributed by atoms with Gasteiger partial charge in [-0.3, -0.25) is 0 Å². The van der Waals surface area contributed by atoms with Crippen LogP contribution in [0.15, 0.2) is 18.2 Å². The monoisotopic (exact) mass is 263 g/mol. The molecule has 0 bridgehead atoms. The number of aromatic hydroxyl groups is 2. The highest BCUT2D eigenvalue weighted by molar-refractivity contribution is 5.44. The molecule has 0 aromatic heterocycles. The Balaban J connectivity index is 1.68. The zero-order chi connectivity index (χ0) is 13.7. The average Bonchev–Trinajstić information content (AvgIpc) is 2.41. The lowest BCUT2D eigenvalue weighted by molar-refractivity contribution is 0.275. The molecule has 106 valence electrons. The van der Waals surface area contributed by atoms with Gasteiger partial charge in [-0.1, -0.05) is 44.7 Å². The molecule has 0 heterocycles. The molecular formula is C16H25NO2. The van der Waals surface area contributed by atoms with Crippen molar-refractivity contribution in [1.29, 1.82) is 0 Å². The fourth-order valence-electron chi connectivity index (χ4n) is 2.87. The van der Waals surface area contributed by atoms with Gasteiger partial charge in [-0.25, -0.2) is 0 Å². The molecule has 1 aliphatic rings. The summed E-state index contributed by atoms with van der Waals surface area (Å²) < 4.78 is 0. The van der Waals surface area contributed by atoms with Crippen LogP contribution in [0.3, 0.4) is 0 Å². The minimum Gasteiger partial charge on any atom is -0.504 e. The Morgan fingerprint density at radius 3 is 2.63 bits per heavy atom. The molecule has 0 amide bonds. The van der Waals surface area contributed by atoms with E-state index < -0.39 is 0 Å². The number of phenolic OH excluding ortho intramolecular Hbond substituents is 2. The van der Waals surface area contributed by atoms with Gasteiger partial charge in [0.25, 0.3) is 0 Å². The maximum absolute atomic E-state index is 9.68. The standard InChI is InChI=1S/C16H25NO2/c1-12-5-7-13(8-6-12)9-10-17-11-14-3-2-4-15(18)16(14)19/h2-4,12-13,17-19H,5-11H2,1H3. The van der Waals surface area contributed by atoms with Crippen molar-refractivity contribution >= 4 is 0 Å². The summed E-state index contributed by atoms with van der Waals surface area (Å²) in [6, 6.07) is 5.10. The van der Waals surface area contributed by atoms with E-state index in [0.29, 0.717) is 6.54 Å². The van der Waals surface area contributed by atoms with Gasteiger partial charge in [0, 0.05) is 12.1 Å². The van der Waals surface area contributed by atoms with Crippen molar-refractivity contribution in [2.75, 3.05) is 6.54 Å². The second-order valence-corrected chi connectivity index (χ2v) is 5.88. The lowest BCUT2D eigenvalue weighted by atomic mass is 9.81. The van der Waals surface area contributed by atoms with Gasteiger partial charge in [-0.2, -0.15) is 0 Å². The van der Waals surface area contributed by atoms with E-state index in [1.165, 1.54) is 38.2 Å². The van der Waals surface area contributed by atoms with Gasteiger partial charge in [0.05, 0.1) is 0 Å². The summed E-state index contributed by atoms with van der Waals surface area (Å²) in [5.41, 5.74) is 0.761. The third-order valence-corrected chi connectivity index (χ3v) is 4.28. The van der Waals surface area contributed by atoms with Crippen molar-refractivity contribution in [3.05, 3.63) is 23.8 Å². The van der Waals surface area contributed by atoms with E-state index >= 15 is 0 Å². The van der Waals surface area contributed by atoms with E-state index in [4.69, 9.17) is 0 Å².